The van der Waals surface area contributed by atoms with Crippen molar-refractivity contribution in [1.82, 2.24) is 0 Å². The fourth-order valence-corrected chi connectivity index (χ4v) is 1.78. The average molecular weight is 286 g/mol. The zero-order valence-electron chi connectivity index (χ0n) is 10.7. The van der Waals surface area contributed by atoms with Gasteiger partial charge in [-0.3, -0.25) is 20.2 Å². The van der Waals surface area contributed by atoms with E-state index in [4.69, 9.17) is 0 Å². The van der Waals surface area contributed by atoms with Gasteiger partial charge >= 0.3 is 5.69 Å². The minimum atomic E-state index is -0.662. The van der Waals surface area contributed by atoms with Gasteiger partial charge in [-0.2, -0.15) is 0 Å². The smallest absolute Gasteiger partial charge is 0.317 e. The lowest BCUT2D eigenvalue weighted by molar-refractivity contribution is -0.386. The lowest BCUT2D eigenvalue weighted by Gasteiger charge is -2.00. The first-order chi connectivity index (χ1) is 9.99. The van der Waals surface area contributed by atoms with Crippen molar-refractivity contribution in [1.29, 1.82) is 0 Å². The van der Waals surface area contributed by atoms with Gasteiger partial charge in [0.25, 0.3) is 5.69 Å². The van der Waals surface area contributed by atoms with E-state index in [0.29, 0.717) is 5.56 Å². The number of nitrogens with zero attached hydrogens (tertiary/aromatic N) is 2. The second kappa shape index (κ2) is 5.83. The molecule has 0 spiro atoms. The molecule has 2 aromatic rings. The van der Waals surface area contributed by atoms with E-state index < -0.39 is 15.6 Å². The number of hydrogen-bond acceptors (Lipinski definition) is 5. The molecular formula is C14H10N2O5. The lowest BCUT2D eigenvalue weighted by Crippen LogP contribution is -1.91. The van der Waals surface area contributed by atoms with E-state index in [0.717, 1.165) is 0 Å². The maximum Gasteiger partial charge on any atom is 0.317 e. The summed E-state index contributed by atoms with van der Waals surface area (Å²) in [4.78, 5) is 20.3. The molecule has 106 valence electrons. The van der Waals surface area contributed by atoms with Crippen molar-refractivity contribution in [3.63, 3.8) is 0 Å². The van der Waals surface area contributed by atoms with Gasteiger partial charge < -0.3 is 5.11 Å². The molecule has 2 rings (SSSR count). The van der Waals surface area contributed by atoms with E-state index in [2.05, 4.69) is 0 Å². The van der Waals surface area contributed by atoms with Crippen LogP contribution >= 0.6 is 0 Å². The number of nitro benzene ring substituents is 2. The number of aromatic hydroxyl groups is 1. The van der Waals surface area contributed by atoms with Crippen LogP contribution in [0.15, 0.2) is 42.5 Å². The van der Waals surface area contributed by atoms with Crippen molar-refractivity contribution in [3.05, 3.63) is 73.8 Å². The summed E-state index contributed by atoms with van der Waals surface area (Å²) in [5, 5.41) is 30.9. The zero-order chi connectivity index (χ0) is 15.4. The molecule has 0 amide bonds. The van der Waals surface area contributed by atoms with Gasteiger partial charge in [-0.25, -0.2) is 0 Å². The molecule has 0 bridgehead atoms. The highest BCUT2D eigenvalue weighted by Crippen LogP contribution is 2.30. The Morgan fingerprint density at radius 2 is 1.57 bits per heavy atom. The normalized spacial score (nSPS) is 10.7. The lowest BCUT2D eigenvalue weighted by atomic mass is 10.1. The third kappa shape index (κ3) is 3.21. The average Bonchev–Trinajstić information content (AvgIpc) is 2.45. The van der Waals surface area contributed by atoms with Crippen molar-refractivity contribution in [2.45, 2.75) is 0 Å². The maximum atomic E-state index is 10.9. The Balaban J connectivity index is 2.31. The highest BCUT2D eigenvalue weighted by molar-refractivity contribution is 5.76. The third-order valence-corrected chi connectivity index (χ3v) is 2.79. The molecule has 2 aromatic carbocycles. The first-order valence-corrected chi connectivity index (χ1v) is 5.88. The second-order valence-electron chi connectivity index (χ2n) is 4.15. The van der Waals surface area contributed by atoms with Gasteiger partial charge in [-0.1, -0.05) is 12.1 Å². The van der Waals surface area contributed by atoms with Crippen LogP contribution in [-0.2, 0) is 0 Å². The summed E-state index contributed by atoms with van der Waals surface area (Å²) in [6.07, 6.45) is 3.05. The molecule has 0 saturated carbocycles. The molecule has 0 aromatic heterocycles. The number of non-ortho nitro benzene ring substituents is 1. The van der Waals surface area contributed by atoms with Crippen LogP contribution in [0.5, 0.6) is 5.75 Å². The fraction of sp³-hybridized carbons (Fsp3) is 0. The van der Waals surface area contributed by atoms with Crippen LogP contribution in [0.1, 0.15) is 11.1 Å². The summed E-state index contributed by atoms with van der Waals surface area (Å²) in [5.74, 6) is -0.411. The standard InChI is InChI=1S/C14H10N2O5/c17-13-3-1-2-11(14(13)16(20)21)7-4-10-5-8-12(9-6-10)15(18)19/h1-9,17H/b7-4+. The van der Waals surface area contributed by atoms with Crippen LogP contribution in [0.2, 0.25) is 0 Å². The molecule has 0 aliphatic rings. The summed E-state index contributed by atoms with van der Waals surface area (Å²) in [7, 11) is 0. The molecule has 7 nitrogen and oxygen atoms in total. The van der Waals surface area contributed by atoms with Crippen LogP contribution in [0.3, 0.4) is 0 Å². The Labute approximate surface area is 119 Å². The topological polar surface area (TPSA) is 107 Å². The summed E-state index contributed by atoms with van der Waals surface area (Å²) in [5.41, 5.74) is 0.489. The quantitative estimate of drug-likeness (QED) is 0.526. The molecular weight excluding hydrogens is 276 g/mol. The first-order valence-electron chi connectivity index (χ1n) is 5.88. The highest BCUT2D eigenvalue weighted by Gasteiger charge is 2.16. The van der Waals surface area contributed by atoms with Crippen LogP contribution in [0.25, 0.3) is 12.2 Å². The van der Waals surface area contributed by atoms with Crippen molar-refractivity contribution in [3.8, 4) is 5.75 Å². The molecule has 0 unspecified atom stereocenters. The van der Waals surface area contributed by atoms with Gasteiger partial charge in [-0.15, -0.1) is 0 Å². The molecule has 7 heteroatoms. The number of rotatable bonds is 4. The molecule has 0 fully saturated rings. The minimum absolute atomic E-state index is 0.0320. The summed E-state index contributed by atoms with van der Waals surface area (Å²) >= 11 is 0. The molecule has 0 heterocycles. The Hall–Kier alpha value is -3.22. The number of nitro groups is 2. The highest BCUT2D eigenvalue weighted by atomic mass is 16.6. The third-order valence-electron chi connectivity index (χ3n) is 2.79. The number of benzene rings is 2. The van der Waals surface area contributed by atoms with E-state index in [1.807, 2.05) is 0 Å². The van der Waals surface area contributed by atoms with E-state index in [9.17, 15) is 25.3 Å². The molecule has 21 heavy (non-hydrogen) atoms. The molecule has 0 atom stereocenters. The molecule has 0 aliphatic carbocycles. The van der Waals surface area contributed by atoms with Gasteiger partial charge in [0, 0.05) is 12.1 Å². The monoisotopic (exact) mass is 286 g/mol. The van der Waals surface area contributed by atoms with E-state index in [1.54, 1.807) is 6.08 Å². The predicted molar refractivity (Wildman–Crippen MR) is 76.8 cm³/mol. The predicted octanol–water partition coefficient (Wildman–Crippen LogP) is 3.38. The molecule has 0 aliphatic heterocycles. The second-order valence-corrected chi connectivity index (χ2v) is 4.15. The fourth-order valence-electron chi connectivity index (χ4n) is 1.78. The van der Waals surface area contributed by atoms with Crippen LogP contribution in [0.4, 0.5) is 11.4 Å². The van der Waals surface area contributed by atoms with Gasteiger partial charge in [0.1, 0.15) is 0 Å². The van der Waals surface area contributed by atoms with Crippen molar-refractivity contribution < 1.29 is 15.0 Å². The molecule has 0 saturated heterocycles. The SMILES string of the molecule is O=[N+]([O-])c1ccc(/C=C/c2cccc(O)c2[N+](=O)[O-])cc1. The number of phenols is 1. The first kappa shape index (κ1) is 14.2. The molecule has 1 N–H and O–H groups in total. The van der Waals surface area contributed by atoms with Crippen molar-refractivity contribution in [2.24, 2.45) is 0 Å². The van der Waals surface area contributed by atoms with Crippen molar-refractivity contribution >= 4 is 23.5 Å². The van der Waals surface area contributed by atoms with Crippen LogP contribution in [-0.4, -0.2) is 15.0 Å². The number of hydrogen-bond donors (Lipinski definition) is 1. The Kier molecular flexibility index (Phi) is 3.94. The van der Waals surface area contributed by atoms with Crippen LogP contribution < -0.4 is 0 Å². The van der Waals surface area contributed by atoms with Gasteiger partial charge in [0.05, 0.1) is 15.4 Å². The molecule has 0 radical (unpaired) electrons. The number of phenolic OH excluding ortho intramolecular Hbond substituents is 1. The number of para-hydroxylation sites is 1. The summed E-state index contributed by atoms with van der Waals surface area (Å²) < 4.78 is 0. The zero-order valence-corrected chi connectivity index (χ0v) is 10.7. The largest absolute Gasteiger partial charge is 0.502 e. The van der Waals surface area contributed by atoms with Crippen LogP contribution in [0, 0.1) is 20.2 Å². The summed E-state index contributed by atoms with van der Waals surface area (Å²) in [6, 6.07) is 9.98. The van der Waals surface area contributed by atoms with Crippen molar-refractivity contribution in [2.75, 3.05) is 0 Å². The Bertz CT molecular complexity index is 723. The van der Waals surface area contributed by atoms with E-state index in [1.165, 1.54) is 48.5 Å². The van der Waals surface area contributed by atoms with E-state index in [-0.39, 0.29) is 16.9 Å². The van der Waals surface area contributed by atoms with Gasteiger partial charge in [0.2, 0.25) is 0 Å². The Morgan fingerprint density at radius 1 is 0.905 bits per heavy atom. The van der Waals surface area contributed by atoms with Gasteiger partial charge in [0.15, 0.2) is 5.75 Å². The summed E-state index contributed by atoms with van der Waals surface area (Å²) in [6.45, 7) is 0. The Morgan fingerprint density at radius 3 is 2.14 bits per heavy atom. The minimum Gasteiger partial charge on any atom is -0.502 e. The van der Waals surface area contributed by atoms with Gasteiger partial charge in [-0.05, 0) is 35.9 Å². The van der Waals surface area contributed by atoms with E-state index >= 15 is 0 Å². The maximum absolute atomic E-state index is 10.9.